The van der Waals surface area contributed by atoms with Gasteiger partial charge in [-0.3, -0.25) is 9.59 Å². The van der Waals surface area contributed by atoms with Gasteiger partial charge in [0.15, 0.2) is 0 Å². The first kappa shape index (κ1) is 19.7. The SMILES string of the molecule is CN1CC(C(=O)N2CCCN(CCCOc3ccccc3)CC2)CCC1=O. The van der Waals surface area contributed by atoms with Crippen LogP contribution in [0.15, 0.2) is 30.3 Å². The van der Waals surface area contributed by atoms with Gasteiger partial charge in [-0.15, -0.1) is 0 Å². The van der Waals surface area contributed by atoms with Gasteiger partial charge < -0.3 is 19.4 Å². The number of nitrogens with zero attached hydrogens (tertiary/aromatic N) is 3. The molecule has 0 aliphatic carbocycles. The van der Waals surface area contributed by atoms with Gasteiger partial charge in [-0.25, -0.2) is 0 Å². The highest BCUT2D eigenvalue weighted by Gasteiger charge is 2.31. The Labute approximate surface area is 162 Å². The second-order valence-electron chi connectivity index (χ2n) is 7.55. The maximum absolute atomic E-state index is 12.8. The van der Waals surface area contributed by atoms with Crippen LogP contribution in [0.25, 0.3) is 0 Å². The molecule has 0 N–H and O–H groups in total. The number of hydrogen-bond acceptors (Lipinski definition) is 4. The quantitative estimate of drug-likeness (QED) is 0.715. The lowest BCUT2D eigenvalue weighted by Crippen LogP contribution is -2.46. The van der Waals surface area contributed by atoms with Gasteiger partial charge in [0, 0.05) is 46.2 Å². The molecule has 2 amide bonds. The first-order chi connectivity index (χ1) is 13.1. The average Bonchev–Trinajstić information content (AvgIpc) is 2.93. The number of para-hydroxylation sites is 1. The summed E-state index contributed by atoms with van der Waals surface area (Å²) >= 11 is 0. The molecular formula is C21H31N3O3. The summed E-state index contributed by atoms with van der Waals surface area (Å²) in [5.41, 5.74) is 0. The lowest BCUT2D eigenvalue weighted by Gasteiger charge is -2.32. The van der Waals surface area contributed by atoms with Crippen LogP contribution in [-0.4, -0.2) is 79.4 Å². The Morgan fingerprint density at radius 1 is 1.15 bits per heavy atom. The summed E-state index contributed by atoms with van der Waals surface area (Å²) in [5.74, 6) is 1.27. The third-order valence-corrected chi connectivity index (χ3v) is 5.51. The van der Waals surface area contributed by atoms with Crippen molar-refractivity contribution in [3.8, 4) is 5.75 Å². The molecule has 2 fully saturated rings. The van der Waals surface area contributed by atoms with Crippen molar-refractivity contribution < 1.29 is 14.3 Å². The molecule has 0 aromatic heterocycles. The summed E-state index contributed by atoms with van der Waals surface area (Å²) in [6.45, 7) is 5.82. The first-order valence-corrected chi connectivity index (χ1v) is 10.1. The Morgan fingerprint density at radius 2 is 1.96 bits per heavy atom. The smallest absolute Gasteiger partial charge is 0.227 e. The van der Waals surface area contributed by atoms with Crippen molar-refractivity contribution in [1.29, 1.82) is 0 Å². The van der Waals surface area contributed by atoms with E-state index >= 15 is 0 Å². The zero-order chi connectivity index (χ0) is 19.1. The molecule has 1 aromatic rings. The van der Waals surface area contributed by atoms with E-state index in [1.54, 1.807) is 11.9 Å². The number of hydrogen-bond donors (Lipinski definition) is 0. The van der Waals surface area contributed by atoms with Gasteiger partial charge >= 0.3 is 0 Å². The van der Waals surface area contributed by atoms with Crippen molar-refractivity contribution in [3.05, 3.63) is 30.3 Å². The summed E-state index contributed by atoms with van der Waals surface area (Å²) in [7, 11) is 1.80. The van der Waals surface area contributed by atoms with Crippen molar-refractivity contribution in [2.75, 3.05) is 52.9 Å². The molecule has 27 heavy (non-hydrogen) atoms. The molecule has 3 rings (SSSR count). The minimum Gasteiger partial charge on any atom is -0.494 e. The Hall–Kier alpha value is -2.08. The fourth-order valence-electron chi connectivity index (χ4n) is 3.88. The number of piperidine rings is 1. The summed E-state index contributed by atoms with van der Waals surface area (Å²) in [5, 5.41) is 0. The molecule has 0 radical (unpaired) electrons. The van der Waals surface area contributed by atoms with Crippen LogP contribution >= 0.6 is 0 Å². The molecule has 0 saturated carbocycles. The van der Waals surface area contributed by atoms with Gasteiger partial charge in [0.1, 0.15) is 5.75 Å². The predicted molar refractivity (Wildman–Crippen MR) is 105 cm³/mol. The molecule has 2 aliphatic rings. The molecule has 2 heterocycles. The van der Waals surface area contributed by atoms with E-state index in [1.807, 2.05) is 35.2 Å². The largest absolute Gasteiger partial charge is 0.494 e. The number of benzene rings is 1. The van der Waals surface area contributed by atoms with Gasteiger partial charge in [0.25, 0.3) is 0 Å². The molecule has 2 saturated heterocycles. The summed E-state index contributed by atoms with van der Waals surface area (Å²) in [6.07, 6.45) is 3.18. The molecule has 6 nitrogen and oxygen atoms in total. The van der Waals surface area contributed by atoms with Crippen molar-refractivity contribution in [2.45, 2.75) is 25.7 Å². The molecule has 6 heteroatoms. The van der Waals surface area contributed by atoms with Gasteiger partial charge in [-0.2, -0.15) is 0 Å². The lowest BCUT2D eigenvalue weighted by molar-refractivity contribution is -0.142. The zero-order valence-corrected chi connectivity index (χ0v) is 16.3. The van der Waals surface area contributed by atoms with Crippen LogP contribution in [0.4, 0.5) is 0 Å². The second-order valence-corrected chi connectivity index (χ2v) is 7.55. The number of amides is 2. The fraction of sp³-hybridized carbons (Fsp3) is 0.619. The van der Waals surface area contributed by atoms with Crippen LogP contribution in [0.2, 0.25) is 0 Å². The van der Waals surface area contributed by atoms with E-state index in [2.05, 4.69) is 4.90 Å². The predicted octanol–water partition coefficient (Wildman–Crippen LogP) is 1.86. The molecule has 148 valence electrons. The van der Waals surface area contributed by atoms with Gasteiger partial charge in [-0.05, 0) is 37.9 Å². The maximum atomic E-state index is 12.8. The minimum atomic E-state index is -0.0291. The van der Waals surface area contributed by atoms with Crippen molar-refractivity contribution in [3.63, 3.8) is 0 Å². The highest BCUT2D eigenvalue weighted by Crippen LogP contribution is 2.19. The van der Waals surface area contributed by atoms with Crippen LogP contribution in [-0.2, 0) is 9.59 Å². The normalized spacial score (nSPS) is 21.8. The topological polar surface area (TPSA) is 53.1 Å². The standard InChI is InChI=1S/C21H31N3O3/c1-22-17-18(9-10-20(22)25)21(26)24-13-5-11-23(14-15-24)12-6-16-27-19-7-3-2-4-8-19/h2-4,7-8,18H,5-6,9-17H2,1H3. The highest BCUT2D eigenvalue weighted by atomic mass is 16.5. The minimum absolute atomic E-state index is 0.0291. The lowest BCUT2D eigenvalue weighted by atomic mass is 9.96. The van der Waals surface area contributed by atoms with Crippen LogP contribution in [0.5, 0.6) is 5.75 Å². The number of carbonyl (C=O) groups excluding carboxylic acids is 2. The molecule has 1 aromatic carbocycles. The fourth-order valence-corrected chi connectivity index (χ4v) is 3.88. The van der Waals surface area contributed by atoms with Gasteiger partial charge in [0.05, 0.1) is 12.5 Å². The maximum Gasteiger partial charge on any atom is 0.227 e. The first-order valence-electron chi connectivity index (χ1n) is 10.1. The Morgan fingerprint density at radius 3 is 2.74 bits per heavy atom. The zero-order valence-electron chi connectivity index (χ0n) is 16.3. The number of rotatable bonds is 6. The molecule has 2 aliphatic heterocycles. The van der Waals surface area contributed by atoms with Gasteiger partial charge in [0.2, 0.25) is 11.8 Å². The van der Waals surface area contributed by atoms with Crippen LogP contribution in [0.1, 0.15) is 25.7 Å². The third kappa shape index (κ3) is 5.70. The Bertz CT molecular complexity index is 622. The summed E-state index contributed by atoms with van der Waals surface area (Å²) in [6, 6.07) is 9.91. The monoisotopic (exact) mass is 373 g/mol. The molecule has 0 spiro atoms. The van der Waals surface area contributed by atoms with Crippen molar-refractivity contribution in [2.24, 2.45) is 5.92 Å². The number of likely N-dealkylation sites (tertiary alicyclic amines) is 1. The van der Waals surface area contributed by atoms with Crippen LogP contribution in [0, 0.1) is 5.92 Å². The van der Waals surface area contributed by atoms with E-state index in [-0.39, 0.29) is 17.7 Å². The molecular weight excluding hydrogens is 342 g/mol. The number of ether oxygens (including phenoxy) is 1. The van der Waals surface area contributed by atoms with E-state index in [9.17, 15) is 9.59 Å². The van der Waals surface area contributed by atoms with Gasteiger partial charge in [-0.1, -0.05) is 18.2 Å². The third-order valence-electron chi connectivity index (χ3n) is 5.51. The Balaban J connectivity index is 1.38. The molecule has 1 atom stereocenters. The molecule has 0 bridgehead atoms. The molecule has 1 unspecified atom stereocenters. The van der Waals surface area contributed by atoms with Crippen molar-refractivity contribution >= 4 is 11.8 Å². The summed E-state index contributed by atoms with van der Waals surface area (Å²) < 4.78 is 5.76. The van der Waals surface area contributed by atoms with E-state index in [0.717, 1.165) is 51.3 Å². The van der Waals surface area contributed by atoms with Crippen LogP contribution in [0.3, 0.4) is 0 Å². The summed E-state index contributed by atoms with van der Waals surface area (Å²) in [4.78, 5) is 30.6. The van der Waals surface area contributed by atoms with E-state index < -0.39 is 0 Å². The van der Waals surface area contributed by atoms with E-state index in [0.29, 0.717) is 26.0 Å². The average molecular weight is 373 g/mol. The van der Waals surface area contributed by atoms with Crippen molar-refractivity contribution in [1.82, 2.24) is 14.7 Å². The second kappa shape index (κ2) is 9.74. The van der Waals surface area contributed by atoms with E-state index in [1.165, 1.54) is 0 Å². The highest BCUT2D eigenvalue weighted by molar-refractivity contribution is 5.83. The number of carbonyl (C=O) groups is 2. The van der Waals surface area contributed by atoms with E-state index in [4.69, 9.17) is 4.74 Å². The van der Waals surface area contributed by atoms with Crippen LogP contribution < -0.4 is 4.74 Å². The Kier molecular flexibility index (Phi) is 7.10.